The Kier molecular flexibility index (Phi) is 7.01. The Hall–Kier alpha value is -3.89. The minimum Gasteiger partial charge on any atom is -0.504 e. The second-order valence-electron chi connectivity index (χ2n) is 12.9. The number of aliphatic hydroxyl groups is 1. The zero-order valence-electron chi connectivity index (χ0n) is 24.9. The van der Waals surface area contributed by atoms with Gasteiger partial charge in [-0.1, -0.05) is 42.5 Å². The number of hydrogen-bond donors (Lipinski definition) is 2. The molecule has 0 radical (unpaired) electrons. The number of phenols is 1. The molecule has 45 heavy (non-hydrogen) atoms. The normalized spacial score (nSPS) is 28.4. The topological polar surface area (TPSA) is 90.3 Å². The number of hydrogen-bond acceptors (Lipinski definition) is 6. The van der Waals surface area contributed by atoms with Gasteiger partial charge in [-0.3, -0.25) is 14.5 Å². The number of ether oxygens (including phenoxy) is 1. The molecular weight excluding hydrogens is 585 g/mol. The van der Waals surface area contributed by atoms with E-state index in [0.29, 0.717) is 42.6 Å². The van der Waals surface area contributed by atoms with Gasteiger partial charge in [0, 0.05) is 37.7 Å². The SMILES string of the molecule is CN(C(=O)CCc1ccc(C(F)(F)F)cc1)C1CC[C@@]2(O)[C@H]3C(=O)c4ccc(O)c5c4[C@@]2(CCN3CCc2ccccc2)C1O5. The number of likely N-dealkylation sites (tertiary alicyclic amines) is 1. The highest BCUT2D eigenvalue weighted by Crippen LogP contribution is 2.65. The van der Waals surface area contributed by atoms with Crippen molar-refractivity contribution in [1.82, 2.24) is 9.80 Å². The van der Waals surface area contributed by atoms with Gasteiger partial charge >= 0.3 is 6.18 Å². The molecule has 3 aromatic carbocycles. The standard InChI is InChI=1S/C35H35F3N2O5/c1-39(27(42)14-9-22-7-10-23(11-8-22)35(36,37)38)25-15-17-34(44)31-29(43)24-12-13-26(41)30-28(24)33(34,32(25)45-30)18-20-40(31)19-16-21-5-3-2-4-6-21/h2-8,10-13,25,31-32,41,44H,9,14-20H2,1H3/t25?,31-,32?,33+,34-/m1/s1. The van der Waals surface area contributed by atoms with E-state index >= 15 is 0 Å². The van der Waals surface area contributed by atoms with Crippen LogP contribution in [-0.4, -0.2) is 75.6 Å². The van der Waals surface area contributed by atoms with Crippen LogP contribution >= 0.6 is 0 Å². The molecule has 2 bridgehead atoms. The first-order valence-corrected chi connectivity index (χ1v) is 15.5. The van der Waals surface area contributed by atoms with Crippen LogP contribution < -0.4 is 4.74 Å². The smallest absolute Gasteiger partial charge is 0.416 e. The third-order valence-corrected chi connectivity index (χ3v) is 10.7. The third kappa shape index (κ3) is 4.47. The minimum absolute atomic E-state index is 0.0835. The number of amides is 1. The van der Waals surface area contributed by atoms with Crippen LogP contribution in [0.25, 0.3) is 0 Å². The molecule has 1 saturated heterocycles. The van der Waals surface area contributed by atoms with E-state index in [-0.39, 0.29) is 42.5 Å². The second-order valence-corrected chi connectivity index (χ2v) is 12.9. The van der Waals surface area contributed by atoms with Crippen LogP contribution in [-0.2, 0) is 29.2 Å². The van der Waals surface area contributed by atoms with E-state index in [1.807, 2.05) is 30.3 Å². The van der Waals surface area contributed by atoms with Crippen molar-refractivity contribution in [2.45, 2.75) is 73.9 Å². The van der Waals surface area contributed by atoms with Crippen molar-refractivity contribution in [3.8, 4) is 11.5 Å². The monoisotopic (exact) mass is 620 g/mol. The van der Waals surface area contributed by atoms with Gasteiger partial charge in [0.1, 0.15) is 17.7 Å². The first-order chi connectivity index (χ1) is 21.5. The van der Waals surface area contributed by atoms with Crippen molar-refractivity contribution in [1.29, 1.82) is 0 Å². The summed E-state index contributed by atoms with van der Waals surface area (Å²) in [6.07, 6.45) is -2.91. The summed E-state index contributed by atoms with van der Waals surface area (Å²) < 4.78 is 45.4. The zero-order chi connectivity index (χ0) is 31.7. The number of carbonyl (C=O) groups excluding carboxylic acids is 2. The fourth-order valence-electron chi connectivity index (χ4n) is 8.49. The van der Waals surface area contributed by atoms with E-state index in [9.17, 15) is 33.0 Å². The van der Waals surface area contributed by atoms with Crippen LogP contribution in [0, 0.1) is 0 Å². The van der Waals surface area contributed by atoms with Crippen LogP contribution in [0.2, 0.25) is 0 Å². The number of nitrogens with zero attached hydrogens (tertiary/aromatic N) is 2. The molecular formula is C35H35F3N2O5. The van der Waals surface area contributed by atoms with Gasteiger partial charge in [-0.2, -0.15) is 13.2 Å². The number of alkyl halides is 3. The molecule has 4 aliphatic rings. The van der Waals surface area contributed by atoms with Crippen molar-refractivity contribution in [2.24, 2.45) is 0 Å². The Bertz CT molecular complexity index is 1650. The lowest BCUT2D eigenvalue weighted by Crippen LogP contribution is -2.79. The van der Waals surface area contributed by atoms with Crippen molar-refractivity contribution in [3.63, 3.8) is 0 Å². The highest BCUT2D eigenvalue weighted by atomic mass is 19.4. The molecule has 236 valence electrons. The Morgan fingerprint density at radius 3 is 2.44 bits per heavy atom. The van der Waals surface area contributed by atoms with E-state index in [2.05, 4.69) is 4.90 Å². The molecule has 2 fully saturated rings. The second kappa shape index (κ2) is 10.6. The third-order valence-electron chi connectivity index (χ3n) is 10.7. The van der Waals surface area contributed by atoms with Crippen LogP contribution in [0.15, 0.2) is 66.7 Å². The average molecular weight is 621 g/mol. The highest BCUT2D eigenvalue weighted by molar-refractivity contribution is 6.06. The lowest BCUT2D eigenvalue weighted by Gasteiger charge is -2.63. The molecule has 1 amide bonds. The summed E-state index contributed by atoms with van der Waals surface area (Å²) >= 11 is 0. The molecule has 1 spiro atoms. The van der Waals surface area contributed by atoms with Crippen LogP contribution in [0.3, 0.4) is 0 Å². The zero-order valence-corrected chi connectivity index (χ0v) is 24.9. The van der Waals surface area contributed by atoms with E-state index in [0.717, 1.165) is 24.1 Å². The summed E-state index contributed by atoms with van der Waals surface area (Å²) in [7, 11) is 1.69. The Balaban J connectivity index is 1.16. The Morgan fingerprint density at radius 2 is 1.73 bits per heavy atom. The van der Waals surface area contributed by atoms with Gasteiger partial charge in [0.15, 0.2) is 17.3 Å². The molecule has 10 heteroatoms. The fourth-order valence-corrected chi connectivity index (χ4v) is 8.49. The molecule has 7 nitrogen and oxygen atoms in total. The lowest BCUT2D eigenvalue weighted by molar-refractivity contribution is -0.188. The average Bonchev–Trinajstić information content (AvgIpc) is 3.38. The van der Waals surface area contributed by atoms with E-state index in [1.54, 1.807) is 18.0 Å². The quantitative estimate of drug-likeness (QED) is 0.391. The number of aryl methyl sites for hydroxylation is 1. The number of phenolic OH excluding ortho intramolecular Hbond substituents is 1. The Labute approximate surface area is 259 Å². The maximum absolute atomic E-state index is 14.1. The lowest BCUT2D eigenvalue weighted by atomic mass is 9.48. The van der Waals surface area contributed by atoms with Crippen LogP contribution in [0.4, 0.5) is 13.2 Å². The summed E-state index contributed by atoms with van der Waals surface area (Å²) in [5, 5.41) is 23.6. The van der Waals surface area contributed by atoms with Crippen molar-refractivity contribution in [2.75, 3.05) is 20.1 Å². The van der Waals surface area contributed by atoms with Crippen LogP contribution in [0.5, 0.6) is 11.5 Å². The number of carbonyl (C=O) groups is 2. The summed E-state index contributed by atoms with van der Waals surface area (Å²) in [4.78, 5) is 31.4. The predicted molar refractivity (Wildman–Crippen MR) is 159 cm³/mol. The number of benzene rings is 3. The number of piperidine rings is 1. The number of rotatable bonds is 7. The van der Waals surface area contributed by atoms with Gasteiger partial charge in [-0.05, 0) is 67.5 Å². The molecule has 2 aliphatic heterocycles. The molecule has 7 rings (SSSR count). The fraction of sp³-hybridized carbons (Fsp3) is 0.429. The minimum atomic E-state index is -4.43. The van der Waals surface area contributed by atoms with Crippen molar-refractivity contribution in [3.05, 3.63) is 94.5 Å². The summed E-state index contributed by atoms with van der Waals surface area (Å²) in [6.45, 7) is 1.13. The first kappa shape index (κ1) is 29.8. The van der Waals surface area contributed by atoms with Gasteiger partial charge in [-0.15, -0.1) is 0 Å². The van der Waals surface area contributed by atoms with E-state index in [4.69, 9.17) is 4.74 Å². The molecule has 2 heterocycles. The van der Waals surface area contributed by atoms with Gasteiger partial charge in [0.05, 0.1) is 17.0 Å². The number of aromatic hydroxyl groups is 1. The van der Waals surface area contributed by atoms with Crippen LogP contribution in [0.1, 0.15) is 58.3 Å². The van der Waals surface area contributed by atoms with E-state index in [1.165, 1.54) is 18.2 Å². The molecule has 2 unspecified atom stereocenters. The van der Waals surface area contributed by atoms with Crippen molar-refractivity contribution >= 4 is 11.7 Å². The molecule has 3 aromatic rings. The first-order valence-electron chi connectivity index (χ1n) is 15.5. The van der Waals surface area contributed by atoms with Gasteiger partial charge in [0.2, 0.25) is 5.91 Å². The maximum atomic E-state index is 14.1. The van der Waals surface area contributed by atoms with E-state index < -0.39 is 40.9 Å². The summed E-state index contributed by atoms with van der Waals surface area (Å²) in [6, 6.07) is 16.7. The largest absolute Gasteiger partial charge is 0.504 e. The Morgan fingerprint density at radius 1 is 1.02 bits per heavy atom. The number of halogens is 3. The summed E-state index contributed by atoms with van der Waals surface area (Å²) in [5.74, 6) is -0.277. The maximum Gasteiger partial charge on any atom is 0.416 e. The molecule has 0 aromatic heterocycles. The molecule has 1 saturated carbocycles. The molecule has 2 aliphatic carbocycles. The van der Waals surface area contributed by atoms with Gasteiger partial charge < -0.3 is 19.8 Å². The number of Topliss-reactive ketones (excluding diaryl/α,β-unsaturated/α-hetero) is 1. The number of likely N-dealkylation sites (N-methyl/N-ethyl adjacent to an activating group) is 1. The van der Waals surface area contributed by atoms with Gasteiger partial charge in [-0.25, -0.2) is 0 Å². The summed E-state index contributed by atoms with van der Waals surface area (Å²) in [5.41, 5.74) is -0.436. The molecule has 2 N–H and O–H groups in total. The number of ketones is 1. The van der Waals surface area contributed by atoms with Crippen molar-refractivity contribution < 1.29 is 37.7 Å². The molecule has 5 atom stereocenters. The predicted octanol–water partition coefficient (Wildman–Crippen LogP) is 4.91. The van der Waals surface area contributed by atoms with Gasteiger partial charge in [0.25, 0.3) is 0 Å². The highest BCUT2D eigenvalue weighted by Gasteiger charge is 2.75.